The Labute approximate surface area is 131 Å². The highest BCUT2D eigenvalue weighted by Gasteiger charge is 2.37. The van der Waals surface area contributed by atoms with E-state index in [1.165, 1.54) is 18.2 Å². The molecule has 1 fully saturated rings. The molecule has 8 heteroatoms. The van der Waals surface area contributed by atoms with Crippen LogP contribution in [0.3, 0.4) is 0 Å². The molecule has 21 heavy (non-hydrogen) atoms. The molecule has 0 spiro atoms. The van der Waals surface area contributed by atoms with Crippen LogP contribution in [0.15, 0.2) is 18.2 Å². The lowest BCUT2D eigenvalue weighted by atomic mass is 10.00. The zero-order valence-electron chi connectivity index (χ0n) is 11.1. The van der Waals surface area contributed by atoms with Crippen LogP contribution in [-0.2, 0) is 0 Å². The largest absolute Gasteiger partial charge is 0.390 e. The van der Waals surface area contributed by atoms with Gasteiger partial charge in [-0.3, -0.25) is 4.90 Å². The van der Waals surface area contributed by atoms with Crippen LogP contribution in [0.2, 0.25) is 5.02 Å². The van der Waals surface area contributed by atoms with E-state index in [2.05, 4.69) is 5.32 Å². The Bertz CT molecular complexity index is 462. The molecule has 1 aromatic carbocycles. The van der Waals surface area contributed by atoms with Crippen LogP contribution in [0.4, 0.5) is 17.6 Å². The number of halogens is 6. The zero-order valence-corrected chi connectivity index (χ0v) is 12.7. The molecule has 1 N–H and O–H groups in total. The summed E-state index contributed by atoms with van der Waals surface area (Å²) in [6, 6.07) is 3.16. The predicted octanol–water partition coefficient (Wildman–Crippen LogP) is 3.80. The summed E-state index contributed by atoms with van der Waals surface area (Å²) in [6.07, 6.45) is -5.44. The van der Waals surface area contributed by atoms with Crippen molar-refractivity contribution in [1.82, 2.24) is 10.2 Å². The van der Waals surface area contributed by atoms with Gasteiger partial charge in [0.1, 0.15) is 5.82 Å². The van der Waals surface area contributed by atoms with E-state index in [0.717, 1.165) is 0 Å². The fourth-order valence-corrected chi connectivity index (χ4v) is 2.61. The molecule has 0 radical (unpaired) electrons. The molecule has 1 aromatic rings. The topological polar surface area (TPSA) is 15.3 Å². The van der Waals surface area contributed by atoms with Gasteiger partial charge >= 0.3 is 6.18 Å². The molecule has 1 aliphatic heterocycles. The molecule has 0 amide bonds. The molecule has 0 aromatic heterocycles. The van der Waals surface area contributed by atoms with E-state index in [4.69, 9.17) is 11.6 Å². The number of nitrogens with zero attached hydrogens (tertiary/aromatic N) is 1. The lowest BCUT2D eigenvalue weighted by Crippen LogP contribution is -2.46. The average molecular weight is 347 g/mol. The summed E-state index contributed by atoms with van der Waals surface area (Å²) in [5.74, 6) is -0.762. The van der Waals surface area contributed by atoms with Gasteiger partial charge in [0.25, 0.3) is 0 Å². The summed E-state index contributed by atoms with van der Waals surface area (Å²) in [7, 11) is 0. The third-order valence-corrected chi connectivity index (χ3v) is 3.65. The van der Waals surface area contributed by atoms with Gasteiger partial charge in [0.2, 0.25) is 0 Å². The minimum absolute atomic E-state index is 0. The fraction of sp³-hybridized carbons (Fsp3) is 0.538. The van der Waals surface area contributed by atoms with Crippen molar-refractivity contribution in [1.29, 1.82) is 0 Å². The molecule has 0 unspecified atom stereocenters. The molecule has 2 nitrogen and oxygen atoms in total. The first kappa shape index (κ1) is 18.5. The van der Waals surface area contributed by atoms with Gasteiger partial charge in [-0.2, -0.15) is 13.2 Å². The normalized spacial score (nSPS) is 18.1. The highest BCUT2D eigenvalue weighted by atomic mass is 35.5. The van der Waals surface area contributed by atoms with Gasteiger partial charge in [-0.15, -0.1) is 12.4 Å². The van der Waals surface area contributed by atoms with Crippen molar-refractivity contribution in [3.8, 4) is 0 Å². The first-order valence-corrected chi connectivity index (χ1v) is 6.72. The van der Waals surface area contributed by atoms with Crippen LogP contribution < -0.4 is 5.32 Å². The SMILES string of the molecule is Cl.Fc1c(Cl)cccc1[C@@H](CC(F)(F)F)N1CCNCC1. The second-order valence-corrected chi connectivity index (χ2v) is 5.17. The fourth-order valence-electron chi connectivity index (χ4n) is 2.43. The first-order valence-electron chi connectivity index (χ1n) is 6.34. The Morgan fingerprint density at radius 3 is 2.43 bits per heavy atom. The second-order valence-electron chi connectivity index (χ2n) is 4.76. The van der Waals surface area contributed by atoms with Gasteiger partial charge in [0.15, 0.2) is 0 Å². The van der Waals surface area contributed by atoms with Crippen molar-refractivity contribution in [3.05, 3.63) is 34.6 Å². The van der Waals surface area contributed by atoms with Crippen molar-refractivity contribution >= 4 is 24.0 Å². The van der Waals surface area contributed by atoms with Gasteiger partial charge < -0.3 is 5.32 Å². The summed E-state index contributed by atoms with van der Waals surface area (Å²) in [5, 5.41) is 2.92. The first-order chi connectivity index (χ1) is 9.38. The monoisotopic (exact) mass is 346 g/mol. The van der Waals surface area contributed by atoms with Crippen molar-refractivity contribution in [3.63, 3.8) is 0 Å². The lowest BCUT2D eigenvalue weighted by Gasteiger charge is -2.35. The van der Waals surface area contributed by atoms with Crippen LogP contribution in [0.1, 0.15) is 18.0 Å². The number of hydrogen-bond acceptors (Lipinski definition) is 2. The molecule has 0 aliphatic carbocycles. The maximum absolute atomic E-state index is 14.0. The average Bonchev–Trinajstić information content (AvgIpc) is 2.40. The summed E-state index contributed by atoms with van der Waals surface area (Å²) in [5.41, 5.74) is 0.0109. The Morgan fingerprint density at radius 2 is 1.86 bits per heavy atom. The van der Waals surface area contributed by atoms with Gasteiger partial charge in [0, 0.05) is 37.8 Å². The molecule has 120 valence electrons. The highest BCUT2D eigenvalue weighted by molar-refractivity contribution is 6.30. The molecule has 2 rings (SSSR count). The van der Waals surface area contributed by atoms with E-state index in [1.807, 2.05) is 0 Å². The molecule has 1 saturated heterocycles. The quantitative estimate of drug-likeness (QED) is 0.837. The third kappa shape index (κ3) is 4.98. The Kier molecular flexibility index (Phi) is 6.71. The maximum atomic E-state index is 14.0. The number of alkyl halides is 3. The molecule has 0 bridgehead atoms. The number of rotatable bonds is 3. The molecular weight excluding hydrogens is 331 g/mol. The molecule has 1 atom stereocenters. The number of benzene rings is 1. The number of hydrogen-bond donors (Lipinski definition) is 1. The third-order valence-electron chi connectivity index (χ3n) is 3.36. The highest BCUT2D eigenvalue weighted by Crippen LogP contribution is 2.36. The summed E-state index contributed by atoms with van der Waals surface area (Å²) in [6.45, 7) is 2.09. The van der Waals surface area contributed by atoms with Crippen molar-refractivity contribution in [2.24, 2.45) is 0 Å². The van der Waals surface area contributed by atoms with Gasteiger partial charge in [-0.05, 0) is 6.07 Å². The van der Waals surface area contributed by atoms with Crippen molar-refractivity contribution in [2.75, 3.05) is 26.2 Å². The summed E-state index contributed by atoms with van der Waals surface area (Å²) >= 11 is 5.68. The van der Waals surface area contributed by atoms with Crippen molar-refractivity contribution < 1.29 is 17.6 Å². The van der Waals surface area contributed by atoms with Crippen LogP contribution in [0.25, 0.3) is 0 Å². The van der Waals surface area contributed by atoms with E-state index >= 15 is 0 Å². The standard InChI is InChI=1S/C13H15ClF4N2.ClH/c14-10-3-1-2-9(12(10)15)11(8-13(16,17)18)20-6-4-19-5-7-20;/h1-3,11,19H,4-8H2;1H/t11-;/m1./s1. The zero-order chi connectivity index (χ0) is 14.8. The Morgan fingerprint density at radius 1 is 1.24 bits per heavy atom. The van der Waals surface area contributed by atoms with Crippen molar-refractivity contribution in [2.45, 2.75) is 18.6 Å². The van der Waals surface area contributed by atoms with E-state index in [0.29, 0.717) is 26.2 Å². The smallest absolute Gasteiger partial charge is 0.314 e. The Balaban J connectivity index is 0.00000220. The van der Waals surface area contributed by atoms with Crippen LogP contribution in [0.5, 0.6) is 0 Å². The van der Waals surface area contributed by atoms with E-state index in [1.54, 1.807) is 4.90 Å². The molecule has 1 aliphatic rings. The Hall–Kier alpha value is -0.560. The number of nitrogens with one attached hydrogen (secondary N) is 1. The minimum atomic E-state index is -4.36. The summed E-state index contributed by atoms with van der Waals surface area (Å²) in [4.78, 5) is 1.65. The second kappa shape index (κ2) is 7.63. The maximum Gasteiger partial charge on any atom is 0.390 e. The lowest BCUT2D eigenvalue weighted by molar-refractivity contribution is -0.149. The minimum Gasteiger partial charge on any atom is -0.314 e. The van der Waals surface area contributed by atoms with Gasteiger partial charge in [-0.25, -0.2) is 4.39 Å². The van der Waals surface area contributed by atoms with Crippen LogP contribution in [0, 0.1) is 5.82 Å². The van der Waals surface area contributed by atoms with Gasteiger partial charge in [0.05, 0.1) is 11.4 Å². The van der Waals surface area contributed by atoms with E-state index in [9.17, 15) is 17.6 Å². The molecule has 0 saturated carbocycles. The van der Waals surface area contributed by atoms with E-state index in [-0.39, 0.29) is 23.0 Å². The molecular formula is C13H16Cl2F4N2. The summed E-state index contributed by atoms with van der Waals surface area (Å²) < 4.78 is 52.4. The number of piperazine rings is 1. The van der Waals surface area contributed by atoms with Gasteiger partial charge in [-0.1, -0.05) is 23.7 Å². The molecule has 1 heterocycles. The van der Waals surface area contributed by atoms with Crippen LogP contribution in [-0.4, -0.2) is 37.3 Å². The van der Waals surface area contributed by atoms with Crippen LogP contribution >= 0.6 is 24.0 Å². The van der Waals surface area contributed by atoms with E-state index < -0.39 is 24.5 Å². The predicted molar refractivity (Wildman–Crippen MR) is 76.5 cm³/mol.